The van der Waals surface area contributed by atoms with Crippen molar-refractivity contribution in [2.45, 2.75) is 59.1 Å². The van der Waals surface area contributed by atoms with E-state index < -0.39 is 0 Å². The molecule has 2 amide bonds. The molecule has 1 aliphatic heterocycles. The summed E-state index contributed by atoms with van der Waals surface area (Å²) in [5.74, 6) is -0.433. The fourth-order valence-electron chi connectivity index (χ4n) is 10.4. The Morgan fingerprint density at radius 2 is 0.843 bits per heavy atom. The Kier molecular flexibility index (Phi) is 11.6. The van der Waals surface area contributed by atoms with E-state index >= 15 is 9.59 Å². The van der Waals surface area contributed by atoms with Crippen LogP contribution in [-0.4, -0.2) is 40.0 Å². The average molecular weight is 951 g/mol. The SMILES string of the molecule is CC(C)c1cccc(C(C)C)c1N1C(=O)c2cc(Sc3ccccc3)c3c4cccc5c(N(c6ccc(N(C)C)cc6)c6ccc(N(C)C)cc6)ccc(c6c(Sc7ccccc7)cc(c2c36)C1=O)c54. The van der Waals surface area contributed by atoms with Crippen molar-refractivity contribution < 1.29 is 9.59 Å². The van der Waals surface area contributed by atoms with Gasteiger partial charge in [0, 0.05) is 97.5 Å². The number of hydrogen-bond donors (Lipinski definition) is 0. The lowest BCUT2D eigenvalue weighted by atomic mass is 9.83. The highest BCUT2D eigenvalue weighted by Crippen LogP contribution is 2.54. The molecule has 0 unspecified atom stereocenters. The topological polar surface area (TPSA) is 47.1 Å². The Balaban J connectivity index is 1.26. The largest absolute Gasteiger partial charge is 0.378 e. The van der Waals surface area contributed by atoms with Gasteiger partial charge in [-0.2, -0.15) is 0 Å². The number of para-hydroxylation sites is 1. The highest BCUT2D eigenvalue weighted by molar-refractivity contribution is 8.00. The molecule has 0 radical (unpaired) electrons. The molecule has 70 heavy (non-hydrogen) atoms. The smallest absolute Gasteiger partial charge is 0.266 e. The van der Waals surface area contributed by atoms with Gasteiger partial charge in [-0.25, -0.2) is 4.90 Å². The third-order valence-corrected chi connectivity index (χ3v) is 15.9. The van der Waals surface area contributed by atoms with Crippen LogP contribution in [0.2, 0.25) is 0 Å². The molecular formula is C62H54N4O2S2. The second kappa shape index (κ2) is 17.9. The number of hydrogen-bond acceptors (Lipinski definition) is 7. The molecule has 0 aliphatic carbocycles. The van der Waals surface area contributed by atoms with Gasteiger partial charge in [-0.1, -0.05) is 130 Å². The van der Waals surface area contributed by atoms with Crippen LogP contribution >= 0.6 is 23.5 Å². The van der Waals surface area contributed by atoms with Crippen molar-refractivity contribution in [3.05, 3.63) is 192 Å². The van der Waals surface area contributed by atoms with E-state index in [9.17, 15) is 0 Å². The van der Waals surface area contributed by atoms with E-state index in [4.69, 9.17) is 0 Å². The van der Waals surface area contributed by atoms with Gasteiger partial charge in [-0.05, 0) is 130 Å². The van der Waals surface area contributed by atoms with Crippen LogP contribution in [-0.2, 0) is 0 Å². The predicted octanol–water partition coefficient (Wildman–Crippen LogP) is 16.7. The summed E-state index contributed by atoms with van der Waals surface area (Å²) in [7, 11) is 8.27. The molecule has 11 rings (SSSR count). The van der Waals surface area contributed by atoms with Crippen molar-refractivity contribution in [1.82, 2.24) is 0 Å². The van der Waals surface area contributed by atoms with Crippen LogP contribution in [0.5, 0.6) is 0 Å². The summed E-state index contributed by atoms with van der Waals surface area (Å²) in [5, 5.41) is 8.09. The quantitative estimate of drug-likeness (QED) is 0.0687. The number of imide groups is 1. The molecular weight excluding hydrogens is 897 g/mol. The third-order valence-electron chi connectivity index (χ3n) is 13.8. The summed E-state index contributed by atoms with van der Waals surface area (Å²) in [5.41, 5.74) is 9.12. The Morgan fingerprint density at radius 3 is 1.30 bits per heavy atom. The van der Waals surface area contributed by atoms with E-state index in [1.165, 1.54) is 4.90 Å². The van der Waals surface area contributed by atoms with E-state index in [-0.39, 0.29) is 23.7 Å². The van der Waals surface area contributed by atoms with Gasteiger partial charge < -0.3 is 14.7 Å². The van der Waals surface area contributed by atoms with Gasteiger partial charge in [0.05, 0.1) is 22.5 Å². The van der Waals surface area contributed by atoms with Crippen molar-refractivity contribution in [3.8, 4) is 0 Å². The first-order chi connectivity index (χ1) is 33.9. The standard InChI is InChI=1S/C62H54N4O2S2/c1-37(2)45-21-15-22-46(38(3)4)60(45)66-61(67)50-35-53(69-43-17-11-9-12-18-43)57-48-24-16-23-47-52(65(41-29-25-39(26-30-41)63(5)6)42-31-27-40(28-32-42)64(7)8)34-33-49(55(47)48)58-54(70-44-19-13-10-14-20-44)36-51(62(66)68)56(50)59(57)58/h9-38H,1-8H3. The summed E-state index contributed by atoms with van der Waals surface area (Å²) in [6.07, 6.45) is 0. The molecule has 6 nitrogen and oxygen atoms in total. The third kappa shape index (κ3) is 7.52. The molecule has 0 saturated carbocycles. The van der Waals surface area contributed by atoms with Gasteiger partial charge in [-0.3, -0.25) is 9.59 Å². The van der Waals surface area contributed by atoms with Gasteiger partial charge in [0.1, 0.15) is 0 Å². The number of benzene rings is 10. The van der Waals surface area contributed by atoms with Crippen LogP contribution in [0.3, 0.4) is 0 Å². The van der Waals surface area contributed by atoms with Crippen LogP contribution in [0.15, 0.2) is 189 Å². The van der Waals surface area contributed by atoms with Crippen molar-refractivity contribution in [2.24, 2.45) is 0 Å². The Labute approximate surface area is 418 Å². The van der Waals surface area contributed by atoms with Gasteiger partial charge >= 0.3 is 0 Å². The van der Waals surface area contributed by atoms with Gasteiger partial charge in [0.2, 0.25) is 0 Å². The normalized spacial score (nSPS) is 12.7. The first-order valence-electron chi connectivity index (χ1n) is 24.0. The Morgan fingerprint density at radius 1 is 0.414 bits per heavy atom. The number of amides is 2. The van der Waals surface area contributed by atoms with Crippen molar-refractivity contribution >= 4 is 113 Å². The molecule has 0 saturated heterocycles. The molecule has 8 heteroatoms. The maximum absolute atomic E-state index is 15.7. The van der Waals surface area contributed by atoms with Crippen LogP contribution in [0.1, 0.15) is 71.4 Å². The van der Waals surface area contributed by atoms with Crippen molar-refractivity contribution in [3.63, 3.8) is 0 Å². The van der Waals surface area contributed by atoms with E-state index in [0.717, 1.165) is 102 Å². The first kappa shape index (κ1) is 45.2. The second-order valence-electron chi connectivity index (χ2n) is 19.2. The van der Waals surface area contributed by atoms with E-state index in [2.05, 4.69) is 228 Å². The lowest BCUT2D eigenvalue weighted by molar-refractivity contribution is 0.0892. The van der Waals surface area contributed by atoms with Crippen LogP contribution in [0.25, 0.3) is 43.1 Å². The second-order valence-corrected chi connectivity index (χ2v) is 21.5. The average Bonchev–Trinajstić information content (AvgIpc) is 3.36. The number of rotatable bonds is 12. The molecule has 0 atom stereocenters. The summed E-state index contributed by atoms with van der Waals surface area (Å²) in [6.45, 7) is 8.53. The summed E-state index contributed by atoms with van der Waals surface area (Å²) in [6, 6.07) is 59.9. The minimum atomic E-state index is -0.293. The zero-order valence-corrected chi connectivity index (χ0v) is 42.4. The monoisotopic (exact) mass is 950 g/mol. The van der Waals surface area contributed by atoms with E-state index in [1.54, 1.807) is 23.5 Å². The van der Waals surface area contributed by atoms with Crippen LogP contribution in [0, 0.1) is 0 Å². The van der Waals surface area contributed by atoms with E-state index in [0.29, 0.717) is 16.8 Å². The van der Waals surface area contributed by atoms with Crippen LogP contribution in [0.4, 0.5) is 34.1 Å². The summed E-state index contributed by atoms with van der Waals surface area (Å²) < 4.78 is 0. The number of anilines is 6. The molecule has 1 heterocycles. The maximum atomic E-state index is 15.7. The molecule has 0 N–H and O–H groups in total. The molecule has 0 bridgehead atoms. The number of carbonyl (C=O) groups is 2. The molecule has 10 aromatic rings. The fourth-order valence-corrected chi connectivity index (χ4v) is 12.5. The predicted molar refractivity (Wildman–Crippen MR) is 298 cm³/mol. The van der Waals surface area contributed by atoms with Crippen molar-refractivity contribution in [1.29, 1.82) is 0 Å². The number of nitrogens with zero attached hydrogens (tertiary/aromatic N) is 4. The Bertz CT molecular complexity index is 3450. The summed E-state index contributed by atoms with van der Waals surface area (Å²) >= 11 is 3.34. The zero-order valence-electron chi connectivity index (χ0n) is 40.7. The van der Waals surface area contributed by atoms with Crippen LogP contribution < -0.4 is 19.6 Å². The minimum absolute atomic E-state index is 0.0760. The molecule has 0 aromatic heterocycles. The lowest BCUT2D eigenvalue weighted by Crippen LogP contribution is -2.42. The zero-order chi connectivity index (χ0) is 48.5. The first-order valence-corrected chi connectivity index (χ1v) is 25.6. The number of carbonyl (C=O) groups excluding carboxylic acids is 2. The van der Waals surface area contributed by atoms with Crippen molar-refractivity contribution in [2.75, 3.05) is 47.8 Å². The lowest BCUT2D eigenvalue weighted by Gasteiger charge is -2.34. The fraction of sp³-hybridized carbons (Fsp3) is 0.161. The molecule has 0 fully saturated rings. The molecule has 1 aliphatic rings. The van der Waals surface area contributed by atoms with Gasteiger partial charge in [0.15, 0.2) is 0 Å². The molecule has 0 spiro atoms. The molecule has 10 aromatic carbocycles. The van der Waals surface area contributed by atoms with Gasteiger partial charge in [-0.15, -0.1) is 0 Å². The highest BCUT2D eigenvalue weighted by atomic mass is 32.2. The molecule has 346 valence electrons. The highest BCUT2D eigenvalue weighted by Gasteiger charge is 2.40. The number of fused-ring (bicyclic) bond motifs is 2. The Hall–Kier alpha value is -7.26. The minimum Gasteiger partial charge on any atom is -0.378 e. The van der Waals surface area contributed by atoms with E-state index in [1.807, 2.05) is 12.1 Å². The van der Waals surface area contributed by atoms with Gasteiger partial charge in [0.25, 0.3) is 11.8 Å². The maximum Gasteiger partial charge on any atom is 0.266 e. The summed E-state index contributed by atoms with van der Waals surface area (Å²) in [4.78, 5) is 43.6.